The van der Waals surface area contributed by atoms with Gasteiger partial charge in [-0.05, 0) is 37.1 Å². The second-order valence-corrected chi connectivity index (χ2v) is 4.44. The number of hydrogen-bond donors (Lipinski definition) is 1. The summed E-state index contributed by atoms with van der Waals surface area (Å²) in [5.41, 5.74) is 6.61. The van der Waals surface area contributed by atoms with Crippen molar-refractivity contribution < 1.29 is 13.5 Å². The minimum Gasteiger partial charge on any atom is -0.454 e. The molecule has 2 aromatic rings. The van der Waals surface area contributed by atoms with Crippen LogP contribution in [0.25, 0.3) is 0 Å². The largest absolute Gasteiger partial charge is 0.454 e. The van der Waals surface area contributed by atoms with Crippen LogP contribution in [-0.2, 0) is 6.42 Å². The van der Waals surface area contributed by atoms with Gasteiger partial charge in [0.25, 0.3) is 0 Å². The van der Waals surface area contributed by atoms with Crippen molar-refractivity contribution in [3.63, 3.8) is 0 Å². The van der Waals surface area contributed by atoms with E-state index in [9.17, 15) is 8.78 Å². The van der Waals surface area contributed by atoms with Gasteiger partial charge in [0.2, 0.25) is 5.82 Å². The molecule has 2 N–H and O–H groups in total. The molecule has 0 bridgehead atoms. The molecule has 1 atom stereocenters. The van der Waals surface area contributed by atoms with Crippen LogP contribution < -0.4 is 10.5 Å². The van der Waals surface area contributed by atoms with Gasteiger partial charge >= 0.3 is 0 Å². The van der Waals surface area contributed by atoms with E-state index in [4.69, 9.17) is 10.5 Å². The highest BCUT2D eigenvalue weighted by molar-refractivity contribution is 5.38. The third-order valence-corrected chi connectivity index (χ3v) is 2.65. The molecule has 1 unspecified atom stereocenters. The zero-order valence-corrected chi connectivity index (χ0v) is 10.6. The fraction of sp³-hybridized carbons (Fsp3) is 0.200. The first-order chi connectivity index (χ1) is 9.08. The Hall–Kier alpha value is -1.94. The van der Waals surface area contributed by atoms with Crippen molar-refractivity contribution in [1.29, 1.82) is 0 Å². The Morgan fingerprint density at radius 3 is 2.47 bits per heavy atom. The highest BCUT2D eigenvalue weighted by Crippen LogP contribution is 2.28. The average Bonchev–Trinajstić information content (AvgIpc) is 2.36. The number of nitrogens with two attached hydrogens (primary N) is 1. The molecule has 2 rings (SSSR count). The van der Waals surface area contributed by atoms with E-state index >= 15 is 0 Å². The van der Waals surface area contributed by atoms with Crippen molar-refractivity contribution in [3.05, 3.63) is 59.7 Å². The maximum Gasteiger partial charge on any atom is 0.201 e. The molecule has 0 aliphatic rings. The molecule has 0 heterocycles. The van der Waals surface area contributed by atoms with Gasteiger partial charge in [-0.3, -0.25) is 0 Å². The second-order valence-electron chi connectivity index (χ2n) is 4.44. The molecule has 0 aliphatic heterocycles. The third kappa shape index (κ3) is 3.29. The van der Waals surface area contributed by atoms with Crippen LogP contribution in [0.1, 0.15) is 12.5 Å². The summed E-state index contributed by atoms with van der Waals surface area (Å²) in [6, 6.07) is 11.0. The summed E-state index contributed by atoms with van der Waals surface area (Å²) in [6.45, 7) is 1.87. The van der Waals surface area contributed by atoms with E-state index in [1.807, 2.05) is 19.1 Å². The fourth-order valence-corrected chi connectivity index (χ4v) is 1.80. The van der Waals surface area contributed by atoms with Gasteiger partial charge in [-0.2, -0.15) is 4.39 Å². The van der Waals surface area contributed by atoms with E-state index in [1.165, 1.54) is 12.1 Å². The van der Waals surface area contributed by atoms with Gasteiger partial charge in [0.05, 0.1) is 0 Å². The van der Waals surface area contributed by atoms with E-state index in [1.54, 1.807) is 12.1 Å². The van der Waals surface area contributed by atoms with Crippen LogP contribution in [0.2, 0.25) is 0 Å². The van der Waals surface area contributed by atoms with Crippen LogP contribution in [0, 0.1) is 11.6 Å². The van der Waals surface area contributed by atoms with E-state index in [-0.39, 0.29) is 11.8 Å². The Morgan fingerprint density at radius 2 is 1.74 bits per heavy atom. The van der Waals surface area contributed by atoms with Gasteiger partial charge in [0.1, 0.15) is 5.75 Å². The Balaban J connectivity index is 2.30. The highest BCUT2D eigenvalue weighted by atomic mass is 19.2. The van der Waals surface area contributed by atoms with Crippen molar-refractivity contribution in [2.45, 2.75) is 19.4 Å². The van der Waals surface area contributed by atoms with Gasteiger partial charge < -0.3 is 10.5 Å². The second kappa shape index (κ2) is 5.80. The summed E-state index contributed by atoms with van der Waals surface area (Å²) in [5.74, 6) is -1.55. The van der Waals surface area contributed by atoms with E-state index in [2.05, 4.69) is 0 Å². The first kappa shape index (κ1) is 13.5. The summed E-state index contributed by atoms with van der Waals surface area (Å²) in [6.07, 6.45) is 0.604. The molecule has 2 nitrogen and oxygen atoms in total. The van der Waals surface area contributed by atoms with E-state index in [0.717, 1.165) is 11.6 Å². The molecular weight excluding hydrogens is 248 g/mol. The molecule has 0 amide bonds. The molecule has 0 saturated heterocycles. The van der Waals surface area contributed by atoms with Crippen LogP contribution in [0.5, 0.6) is 11.5 Å². The highest BCUT2D eigenvalue weighted by Gasteiger charge is 2.12. The molecule has 0 aliphatic carbocycles. The minimum atomic E-state index is -0.988. The molecular formula is C15H15F2NO. The van der Waals surface area contributed by atoms with Crippen LogP contribution in [0.4, 0.5) is 8.78 Å². The molecule has 4 heteroatoms. The lowest BCUT2D eigenvalue weighted by Crippen LogP contribution is -2.18. The summed E-state index contributed by atoms with van der Waals surface area (Å²) in [4.78, 5) is 0. The maximum atomic E-state index is 13.6. The van der Waals surface area contributed by atoms with Crippen molar-refractivity contribution in [1.82, 2.24) is 0 Å². The standard InChI is InChI=1S/C15H15F2NO/c1-10(18)9-11-5-2-3-7-13(11)19-14-8-4-6-12(16)15(14)17/h2-8,10H,9,18H2,1H3. The molecule has 0 radical (unpaired) electrons. The number of rotatable bonds is 4. The molecule has 0 saturated carbocycles. The maximum absolute atomic E-state index is 13.6. The molecule has 0 aromatic heterocycles. The van der Waals surface area contributed by atoms with Gasteiger partial charge in [-0.15, -0.1) is 0 Å². The first-order valence-corrected chi connectivity index (χ1v) is 6.03. The number of benzene rings is 2. The summed E-state index contributed by atoms with van der Waals surface area (Å²) in [7, 11) is 0. The van der Waals surface area contributed by atoms with Crippen molar-refractivity contribution in [3.8, 4) is 11.5 Å². The Morgan fingerprint density at radius 1 is 1.05 bits per heavy atom. The van der Waals surface area contributed by atoms with Crippen molar-refractivity contribution >= 4 is 0 Å². The van der Waals surface area contributed by atoms with Gasteiger partial charge in [-0.1, -0.05) is 24.3 Å². The monoisotopic (exact) mass is 263 g/mol. The zero-order chi connectivity index (χ0) is 13.8. The van der Waals surface area contributed by atoms with E-state index in [0.29, 0.717) is 12.2 Å². The number of halogens is 2. The Kier molecular flexibility index (Phi) is 4.12. The average molecular weight is 263 g/mol. The Labute approximate surface area is 110 Å². The van der Waals surface area contributed by atoms with Crippen LogP contribution in [0.15, 0.2) is 42.5 Å². The van der Waals surface area contributed by atoms with E-state index < -0.39 is 11.6 Å². The first-order valence-electron chi connectivity index (χ1n) is 6.03. The number of ether oxygens (including phenoxy) is 1. The lowest BCUT2D eigenvalue weighted by Gasteiger charge is -2.13. The lowest BCUT2D eigenvalue weighted by molar-refractivity contribution is 0.412. The molecule has 2 aromatic carbocycles. The summed E-state index contributed by atoms with van der Waals surface area (Å²) >= 11 is 0. The number of para-hydroxylation sites is 1. The molecule has 0 fully saturated rings. The lowest BCUT2D eigenvalue weighted by atomic mass is 10.1. The zero-order valence-electron chi connectivity index (χ0n) is 10.6. The SMILES string of the molecule is CC(N)Cc1ccccc1Oc1cccc(F)c1F. The van der Waals surface area contributed by atoms with Crippen LogP contribution in [0.3, 0.4) is 0 Å². The molecule has 19 heavy (non-hydrogen) atoms. The predicted octanol–water partition coefficient (Wildman–Crippen LogP) is 3.65. The smallest absolute Gasteiger partial charge is 0.201 e. The van der Waals surface area contributed by atoms with Crippen LogP contribution in [-0.4, -0.2) is 6.04 Å². The quantitative estimate of drug-likeness (QED) is 0.913. The minimum absolute atomic E-state index is 0.0397. The van der Waals surface area contributed by atoms with Gasteiger partial charge in [0.15, 0.2) is 11.6 Å². The van der Waals surface area contributed by atoms with Crippen LogP contribution >= 0.6 is 0 Å². The third-order valence-electron chi connectivity index (χ3n) is 2.65. The Bertz CT molecular complexity index is 570. The predicted molar refractivity (Wildman–Crippen MR) is 70.2 cm³/mol. The van der Waals surface area contributed by atoms with Gasteiger partial charge in [-0.25, -0.2) is 4.39 Å². The normalized spacial score (nSPS) is 12.2. The topological polar surface area (TPSA) is 35.2 Å². The molecule has 100 valence electrons. The summed E-state index contributed by atoms with van der Waals surface area (Å²) < 4.78 is 32.1. The summed E-state index contributed by atoms with van der Waals surface area (Å²) in [5, 5.41) is 0. The van der Waals surface area contributed by atoms with Crippen molar-refractivity contribution in [2.75, 3.05) is 0 Å². The van der Waals surface area contributed by atoms with Gasteiger partial charge in [0, 0.05) is 6.04 Å². The number of hydrogen-bond acceptors (Lipinski definition) is 2. The fourth-order valence-electron chi connectivity index (χ4n) is 1.80. The van der Waals surface area contributed by atoms with Crippen molar-refractivity contribution in [2.24, 2.45) is 5.73 Å². The molecule has 0 spiro atoms.